The zero-order valence-corrected chi connectivity index (χ0v) is 16.9. The average molecular weight is 407 g/mol. The molecule has 0 amide bonds. The zero-order chi connectivity index (χ0) is 16.7. The first-order valence-electron chi connectivity index (χ1n) is 7.77. The van der Waals surface area contributed by atoms with Crippen LogP contribution in [-0.4, -0.2) is 0 Å². The number of anilines is 2. The van der Waals surface area contributed by atoms with Crippen molar-refractivity contribution in [2.75, 3.05) is 3.11 Å². The van der Waals surface area contributed by atoms with Crippen LogP contribution in [0.25, 0.3) is 0 Å². The predicted molar refractivity (Wildman–Crippen MR) is 107 cm³/mol. The van der Waals surface area contributed by atoms with E-state index in [2.05, 4.69) is 105 Å². The van der Waals surface area contributed by atoms with Crippen LogP contribution in [0.3, 0.4) is 0 Å². The summed E-state index contributed by atoms with van der Waals surface area (Å²) in [6, 6.07) is 11.0. The van der Waals surface area contributed by atoms with E-state index in [4.69, 9.17) is 0 Å². The molecule has 0 radical (unpaired) electrons. The van der Waals surface area contributed by atoms with Crippen LogP contribution < -0.4 is 3.11 Å². The van der Waals surface area contributed by atoms with Gasteiger partial charge in [0.05, 0.1) is 34.2 Å². The quantitative estimate of drug-likeness (QED) is 0.395. The SMILES string of the molecule is Cc1cc(C)c(C)c(N(I)c2ccccc2C(C)(C)C)c1C. The van der Waals surface area contributed by atoms with Crippen LogP contribution in [0.2, 0.25) is 0 Å². The maximum absolute atomic E-state index is 2.46. The minimum atomic E-state index is 0.126. The monoisotopic (exact) mass is 407 g/mol. The van der Waals surface area contributed by atoms with Crippen LogP contribution in [0.1, 0.15) is 48.6 Å². The molecule has 1 nitrogen and oxygen atoms in total. The summed E-state index contributed by atoms with van der Waals surface area (Å²) in [6.07, 6.45) is 0. The zero-order valence-electron chi connectivity index (χ0n) is 14.7. The number of hydrogen-bond donors (Lipinski definition) is 0. The van der Waals surface area contributed by atoms with E-state index in [-0.39, 0.29) is 5.41 Å². The third-order valence-electron chi connectivity index (χ3n) is 4.45. The topological polar surface area (TPSA) is 3.24 Å². The molecular weight excluding hydrogens is 381 g/mol. The summed E-state index contributed by atoms with van der Waals surface area (Å²) >= 11 is 2.46. The summed E-state index contributed by atoms with van der Waals surface area (Å²) in [6.45, 7) is 15.7. The molecule has 0 atom stereocenters. The molecule has 0 aliphatic rings. The fourth-order valence-corrected chi connectivity index (χ4v) is 4.03. The molecule has 0 aliphatic carbocycles. The van der Waals surface area contributed by atoms with E-state index < -0.39 is 0 Å². The largest absolute Gasteiger partial charge is 0.282 e. The minimum Gasteiger partial charge on any atom is -0.282 e. The van der Waals surface area contributed by atoms with Crippen molar-refractivity contribution in [3.8, 4) is 0 Å². The molecule has 2 rings (SSSR count). The first-order valence-corrected chi connectivity index (χ1v) is 8.74. The maximum atomic E-state index is 2.46. The number of benzene rings is 2. The van der Waals surface area contributed by atoms with Gasteiger partial charge in [-0.15, -0.1) is 0 Å². The van der Waals surface area contributed by atoms with Gasteiger partial charge in [0.1, 0.15) is 0 Å². The van der Waals surface area contributed by atoms with Crippen LogP contribution in [-0.2, 0) is 5.41 Å². The molecule has 0 N–H and O–H groups in total. The molecule has 2 aromatic rings. The van der Waals surface area contributed by atoms with Crippen LogP contribution in [0, 0.1) is 27.7 Å². The van der Waals surface area contributed by atoms with Gasteiger partial charge < -0.3 is 0 Å². The number of hydrogen-bond acceptors (Lipinski definition) is 1. The highest BCUT2D eigenvalue weighted by Crippen LogP contribution is 2.41. The Kier molecular flexibility index (Phi) is 4.90. The average Bonchev–Trinajstić information content (AvgIpc) is 2.44. The number of para-hydroxylation sites is 1. The van der Waals surface area contributed by atoms with Crippen molar-refractivity contribution >= 4 is 34.2 Å². The summed E-state index contributed by atoms with van der Waals surface area (Å²) < 4.78 is 2.34. The lowest BCUT2D eigenvalue weighted by Gasteiger charge is -2.30. The molecule has 0 unspecified atom stereocenters. The molecule has 0 aliphatic heterocycles. The normalized spacial score (nSPS) is 11.6. The van der Waals surface area contributed by atoms with E-state index in [1.807, 2.05) is 0 Å². The second-order valence-electron chi connectivity index (χ2n) is 7.16. The van der Waals surface area contributed by atoms with E-state index >= 15 is 0 Å². The van der Waals surface area contributed by atoms with Gasteiger partial charge >= 0.3 is 0 Å². The lowest BCUT2D eigenvalue weighted by molar-refractivity contribution is 0.592. The molecule has 0 spiro atoms. The van der Waals surface area contributed by atoms with Crippen molar-refractivity contribution in [1.82, 2.24) is 0 Å². The number of rotatable bonds is 2. The van der Waals surface area contributed by atoms with Gasteiger partial charge in [0, 0.05) is 0 Å². The van der Waals surface area contributed by atoms with Crippen LogP contribution in [0.5, 0.6) is 0 Å². The van der Waals surface area contributed by atoms with Crippen LogP contribution in [0.15, 0.2) is 30.3 Å². The van der Waals surface area contributed by atoms with Crippen molar-refractivity contribution in [2.24, 2.45) is 0 Å². The second-order valence-corrected chi connectivity index (χ2v) is 8.12. The third-order valence-corrected chi connectivity index (χ3v) is 5.45. The molecule has 22 heavy (non-hydrogen) atoms. The van der Waals surface area contributed by atoms with Crippen LogP contribution >= 0.6 is 22.9 Å². The Labute approximate surface area is 149 Å². The highest BCUT2D eigenvalue weighted by atomic mass is 127. The smallest absolute Gasteiger partial charge is 0.0646 e. The second kappa shape index (κ2) is 6.23. The van der Waals surface area contributed by atoms with Crippen molar-refractivity contribution in [3.63, 3.8) is 0 Å². The van der Waals surface area contributed by atoms with Crippen molar-refractivity contribution in [2.45, 2.75) is 53.9 Å². The van der Waals surface area contributed by atoms with Crippen molar-refractivity contribution < 1.29 is 0 Å². The Balaban J connectivity index is 2.67. The van der Waals surface area contributed by atoms with Gasteiger partial charge in [-0.05, 0) is 67.0 Å². The van der Waals surface area contributed by atoms with Crippen molar-refractivity contribution in [3.05, 3.63) is 58.1 Å². The lowest BCUT2D eigenvalue weighted by atomic mass is 9.85. The molecule has 0 fully saturated rings. The molecule has 2 aromatic carbocycles. The summed E-state index contributed by atoms with van der Waals surface area (Å²) in [7, 11) is 0. The first-order chi connectivity index (χ1) is 10.1. The Morgan fingerprint density at radius 3 is 1.86 bits per heavy atom. The van der Waals surface area contributed by atoms with Gasteiger partial charge in [0.2, 0.25) is 0 Å². The van der Waals surface area contributed by atoms with Crippen LogP contribution in [0.4, 0.5) is 11.4 Å². The third kappa shape index (κ3) is 3.17. The molecule has 118 valence electrons. The van der Waals surface area contributed by atoms with E-state index in [0.717, 1.165) is 0 Å². The molecule has 0 aromatic heterocycles. The van der Waals surface area contributed by atoms with Gasteiger partial charge in [0.25, 0.3) is 0 Å². The molecule has 0 bridgehead atoms. The fraction of sp³-hybridized carbons (Fsp3) is 0.400. The lowest BCUT2D eigenvalue weighted by Crippen LogP contribution is -2.17. The van der Waals surface area contributed by atoms with E-state index in [1.165, 1.54) is 39.2 Å². The Hall–Kier alpha value is -1.03. The Morgan fingerprint density at radius 2 is 1.36 bits per heavy atom. The predicted octanol–water partition coefficient (Wildman–Crippen LogP) is 6.71. The highest BCUT2D eigenvalue weighted by molar-refractivity contribution is 14.1. The van der Waals surface area contributed by atoms with Gasteiger partial charge in [0.15, 0.2) is 0 Å². The number of halogens is 1. The number of aryl methyl sites for hydroxylation is 2. The minimum absolute atomic E-state index is 0.126. The highest BCUT2D eigenvalue weighted by Gasteiger charge is 2.23. The van der Waals surface area contributed by atoms with Gasteiger partial charge in [-0.3, -0.25) is 3.11 Å². The van der Waals surface area contributed by atoms with Gasteiger partial charge in [-0.25, -0.2) is 0 Å². The molecule has 0 heterocycles. The molecule has 2 heteroatoms. The van der Waals surface area contributed by atoms with Gasteiger partial charge in [-0.2, -0.15) is 0 Å². The fourth-order valence-electron chi connectivity index (χ4n) is 2.89. The molecular formula is C20H26IN. The number of nitrogens with zero attached hydrogens (tertiary/aromatic N) is 1. The molecule has 0 saturated carbocycles. The maximum Gasteiger partial charge on any atom is 0.0646 e. The van der Waals surface area contributed by atoms with E-state index in [1.54, 1.807) is 0 Å². The first kappa shape index (κ1) is 17.3. The van der Waals surface area contributed by atoms with Crippen molar-refractivity contribution in [1.29, 1.82) is 0 Å². The summed E-state index contributed by atoms with van der Waals surface area (Å²) in [5.74, 6) is 0. The Bertz CT molecular complexity index is 669. The standard InChI is InChI=1S/C20H26IN/c1-13-12-14(2)16(4)19(15(13)3)22(21)18-11-9-8-10-17(18)20(5,6)7/h8-12H,1-7H3. The van der Waals surface area contributed by atoms with E-state index in [9.17, 15) is 0 Å². The summed E-state index contributed by atoms with van der Waals surface area (Å²) in [5.41, 5.74) is 9.55. The summed E-state index contributed by atoms with van der Waals surface area (Å²) in [4.78, 5) is 0. The van der Waals surface area contributed by atoms with E-state index in [0.29, 0.717) is 0 Å². The van der Waals surface area contributed by atoms with Gasteiger partial charge in [-0.1, -0.05) is 45.0 Å². The molecule has 0 saturated heterocycles. The Morgan fingerprint density at radius 1 is 0.864 bits per heavy atom. The summed E-state index contributed by atoms with van der Waals surface area (Å²) in [5, 5.41) is 0.